The Balaban J connectivity index is 2.26. The fraction of sp³-hybridized carbons (Fsp3) is 0.357. The summed E-state index contributed by atoms with van der Waals surface area (Å²) < 4.78 is 5.29. The van der Waals surface area contributed by atoms with Crippen molar-refractivity contribution in [2.24, 2.45) is 0 Å². The minimum Gasteiger partial charge on any atom is -0.482 e. The van der Waals surface area contributed by atoms with Gasteiger partial charge in [0.2, 0.25) is 0 Å². The van der Waals surface area contributed by atoms with Crippen molar-refractivity contribution in [2.75, 3.05) is 33.8 Å². The monoisotopic (exact) mass is 321 g/mol. The standard InChI is InChI=1S/C14H19N5O2S/c1-19(2)8-7-16-14(22)18-17-13(20)10-21-12-6-4-3-5-11(12)9-15/h3-6H,7-8,10H2,1-2H3,(H,17,20)(H2,16,18,22). The van der Waals surface area contributed by atoms with E-state index in [1.54, 1.807) is 24.3 Å². The van der Waals surface area contributed by atoms with E-state index in [1.165, 1.54) is 0 Å². The lowest BCUT2D eigenvalue weighted by atomic mass is 10.2. The van der Waals surface area contributed by atoms with Crippen molar-refractivity contribution < 1.29 is 9.53 Å². The Kier molecular flexibility index (Phi) is 7.67. The molecule has 0 aliphatic heterocycles. The summed E-state index contributed by atoms with van der Waals surface area (Å²) in [4.78, 5) is 13.6. The number of nitrogens with one attached hydrogen (secondary N) is 3. The molecule has 1 aromatic rings. The second-order valence-corrected chi connectivity index (χ2v) is 5.04. The van der Waals surface area contributed by atoms with E-state index in [-0.39, 0.29) is 6.61 Å². The third-order valence-corrected chi connectivity index (χ3v) is 2.77. The van der Waals surface area contributed by atoms with E-state index in [4.69, 9.17) is 22.2 Å². The van der Waals surface area contributed by atoms with Crippen LogP contribution in [0.5, 0.6) is 5.75 Å². The molecule has 0 aromatic heterocycles. The van der Waals surface area contributed by atoms with Gasteiger partial charge >= 0.3 is 0 Å². The Morgan fingerprint density at radius 1 is 1.36 bits per heavy atom. The van der Waals surface area contributed by atoms with Gasteiger partial charge in [0.25, 0.3) is 5.91 Å². The number of nitrogens with zero attached hydrogens (tertiary/aromatic N) is 2. The number of ether oxygens (including phenoxy) is 1. The topological polar surface area (TPSA) is 89.4 Å². The maximum Gasteiger partial charge on any atom is 0.276 e. The fourth-order valence-electron chi connectivity index (χ4n) is 1.43. The summed E-state index contributed by atoms with van der Waals surface area (Å²) in [7, 11) is 3.91. The van der Waals surface area contributed by atoms with Crippen molar-refractivity contribution in [3.05, 3.63) is 29.8 Å². The van der Waals surface area contributed by atoms with E-state index in [1.807, 2.05) is 25.1 Å². The number of para-hydroxylation sites is 1. The predicted molar refractivity (Wildman–Crippen MR) is 87.1 cm³/mol. The smallest absolute Gasteiger partial charge is 0.276 e. The molecule has 7 nitrogen and oxygen atoms in total. The molecule has 0 aliphatic rings. The molecule has 22 heavy (non-hydrogen) atoms. The largest absolute Gasteiger partial charge is 0.482 e. The number of likely N-dealkylation sites (N-methyl/N-ethyl adjacent to an activating group) is 1. The number of nitriles is 1. The van der Waals surface area contributed by atoms with Gasteiger partial charge in [0, 0.05) is 13.1 Å². The summed E-state index contributed by atoms with van der Waals surface area (Å²) in [5.41, 5.74) is 5.37. The zero-order valence-electron chi connectivity index (χ0n) is 12.5. The minimum atomic E-state index is -0.399. The molecule has 1 aromatic carbocycles. The molecule has 0 saturated carbocycles. The van der Waals surface area contributed by atoms with E-state index >= 15 is 0 Å². The normalized spacial score (nSPS) is 9.73. The SMILES string of the molecule is CN(C)CCNC(=S)NNC(=O)COc1ccccc1C#N. The number of carbonyl (C=O) groups excluding carboxylic acids is 1. The highest BCUT2D eigenvalue weighted by molar-refractivity contribution is 7.80. The van der Waals surface area contributed by atoms with Crippen LogP contribution in [0.1, 0.15) is 5.56 Å². The lowest BCUT2D eigenvalue weighted by Gasteiger charge is -2.14. The number of amides is 1. The molecule has 0 saturated heterocycles. The number of hydrazine groups is 1. The highest BCUT2D eigenvalue weighted by Crippen LogP contribution is 2.15. The Morgan fingerprint density at radius 3 is 2.77 bits per heavy atom. The van der Waals surface area contributed by atoms with Crippen LogP contribution in [-0.4, -0.2) is 49.7 Å². The Bertz CT molecular complexity index is 556. The van der Waals surface area contributed by atoms with Crippen LogP contribution < -0.4 is 20.9 Å². The van der Waals surface area contributed by atoms with Crippen LogP contribution in [0.25, 0.3) is 0 Å². The third-order valence-electron chi connectivity index (χ3n) is 2.53. The lowest BCUT2D eigenvalue weighted by molar-refractivity contribution is -0.123. The van der Waals surface area contributed by atoms with Crippen LogP contribution in [0.4, 0.5) is 0 Å². The van der Waals surface area contributed by atoms with Gasteiger partial charge in [-0.2, -0.15) is 5.26 Å². The summed E-state index contributed by atoms with van der Waals surface area (Å²) in [5.74, 6) is -0.0312. The summed E-state index contributed by atoms with van der Waals surface area (Å²) in [5, 5.41) is 12.2. The summed E-state index contributed by atoms with van der Waals surface area (Å²) in [6.07, 6.45) is 0. The van der Waals surface area contributed by atoms with Gasteiger partial charge in [-0.15, -0.1) is 0 Å². The Morgan fingerprint density at radius 2 is 2.09 bits per heavy atom. The maximum atomic E-state index is 11.6. The van der Waals surface area contributed by atoms with Crippen LogP contribution in [-0.2, 0) is 4.79 Å². The first kappa shape index (κ1) is 17.7. The van der Waals surface area contributed by atoms with Crippen molar-refractivity contribution in [3.63, 3.8) is 0 Å². The van der Waals surface area contributed by atoms with Gasteiger partial charge in [0.05, 0.1) is 5.56 Å². The predicted octanol–water partition coefficient (Wildman–Crippen LogP) is -0.00602. The van der Waals surface area contributed by atoms with Crippen LogP contribution in [0.3, 0.4) is 0 Å². The number of hydrogen-bond acceptors (Lipinski definition) is 5. The molecule has 0 radical (unpaired) electrons. The van der Waals surface area contributed by atoms with E-state index in [0.29, 0.717) is 23.0 Å². The van der Waals surface area contributed by atoms with Crippen LogP contribution in [0, 0.1) is 11.3 Å². The van der Waals surface area contributed by atoms with Gasteiger partial charge in [0.1, 0.15) is 11.8 Å². The highest BCUT2D eigenvalue weighted by Gasteiger charge is 2.06. The summed E-state index contributed by atoms with van der Waals surface area (Å²) in [6.45, 7) is 1.27. The molecular formula is C14H19N5O2S. The minimum absolute atomic E-state index is 0.216. The van der Waals surface area contributed by atoms with Gasteiger partial charge in [-0.3, -0.25) is 15.6 Å². The molecule has 8 heteroatoms. The molecule has 0 aliphatic carbocycles. The first-order valence-corrected chi connectivity index (χ1v) is 7.03. The number of hydrogen-bond donors (Lipinski definition) is 3. The van der Waals surface area contributed by atoms with Crippen LogP contribution in [0.15, 0.2) is 24.3 Å². The zero-order chi connectivity index (χ0) is 16.4. The molecule has 0 bridgehead atoms. The molecule has 0 heterocycles. The third kappa shape index (κ3) is 6.88. The number of benzene rings is 1. The summed E-state index contributed by atoms with van der Waals surface area (Å²) in [6, 6.07) is 8.71. The molecule has 1 amide bonds. The van der Waals surface area contributed by atoms with Gasteiger partial charge in [-0.1, -0.05) is 12.1 Å². The average Bonchev–Trinajstić information content (AvgIpc) is 2.50. The van der Waals surface area contributed by atoms with Gasteiger partial charge in [-0.05, 0) is 38.4 Å². The Labute approximate surface area is 135 Å². The molecule has 1 rings (SSSR count). The first-order valence-electron chi connectivity index (χ1n) is 6.62. The van der Waals surface area contributed by atoms with Crippen molar-refractivity contribution in [1.82, 2.24) is 21.1 Å². The zero-order valence-corrected chi connectivity index (χ0v) is 13.4. The van der Waals surface area contributed by atoms with Gasteiger partial charge < -0.3 is 15.0 Å². The van der Waals surface area contributed by atoms with Gasteiger partial charge in [0.15, 0.2) is 11.7 Å². The number of rotatable bonds is 6. The molecule has 3 N–H and O–H groups in total. The highest BCUT2D eigenvalue weighted by atomic mass is 32.1. The molecule has 0 unspecified atom stereocenters. The molecular weight excluding hydrogens is 302 g/mol. The van der Waals surface area contributed by atoms with Crippen molar-refractivity contribution in [3.8, 4) is 11.8 Å². The second kappa shape index (κ2) is 9.55. The number of thiocarbonyl (C=S) groups is 1. The fourth-order valence-corrected chi connectivity index (χ4v) is 1.58. The van der Waals surface area contributed by atoms with E-state index in [0.717, 1.165) is 6.54 Å². The van der Waals surface area contributed by atoms with E-state index in [9.17, 15) is 4.79 Å². The molecule has 0 atom stereocenters. The quantitative estimate of drug-likeness (QED) is 0.502. The van der Waals surface area contributed by atoms with E-state index in [2.05, 4.69) is 16.2 Å². The van der Waals surface area contributed by atoms with E-state index < -0.39 is 5.91 Å². The Hall–Kier alpha value is -2.37. The van der Waals surface area contributed by atoms with Crippen LogP contribution >= 0.6 is 12.2 Å². The summed E-state index contributed by atoms with van der Waals surface area (Å²) >= 11 is 5.00. The molecule has 0 fully saturated rings. The second-order valence-electron chi connectivity index (χ2n) is 4.63. The van der Waals surface area contributed by atoms with Crippen LogP contribution in [0.2, 0.25) is 0 Å². The maximum absolute atomic E-state index is 11.6. The van der Waals surface area contributed by atoms with Crippen molar-refractivity contribution in [1.29, 1.82) is 5.26 Å². The molecule has 0 spiro atoms. The van der Waals surface area contributed by atoms with Crippen molar-refractivity contribution >= 4 is 23.2 Å². The van der Waals surface area contributed by atoms with Crippen molar-refractivity contribution in [2.45, 2.75) is 0 Å². The first-order chi connectivity index (χ1) is 10.5. The molecule has 118 valence electrons. The lowest BCUT2D eigenvalue weighted by Crippen LogP contribution is -2.49. The number of carbonyl (C=O) groups is 1. The van der Waals surface area contributed by atoms with Gasteiger partial charge in [-0.25, -0.2) is 0 Å². The average molecular weight is 321 g/mol.